The zero-order chi connectivity index (χ0) is 23.1. The number of benzene rings is 2. The average molecular weight is 480 g/mol. The number of hydrogen-bond acceptors (Lipinski definition) is 5. The zero-order valence-electron chi connectivity index (χ0n) is 18.4. The molecule has 0 aliphatic carbocycles. The van der Waals surface area contributed by atoms with Gasteiger partial charge in [0.25, 0.3) is 15.9 Å². The zero-order valence-corrected chi connectivity index (χ0v) is 20.0. The molecule has 1 heterocycles. The van der Waals surface area contributed by atoms with Crippen LogP contribution in [0, 0.1) is 5.92 Å². The fourth-order valence-corrected chi connectivity index (χ4v) is 5.27. The van der Waals surface area contributed by atoms with E-state index in [-0.39, 0.29) is 27.1 Å². The number of likely N-dealkylation sites (tertiary alicyclic amines) is 1. The second-order valence-corrected chi connectivity index (χ2v) is 10.1. The summed E-state index contributed by atoms with van der Waals surface area (Å²) in [5.41, 5.74) is 0.523. The van der Waals surface area contributed by atoms with Gasteiger partial charge < -0.3 is 15.0 Å². The van der Waals surface area contributed by atoms with E-state index in [1.807, 2.05) is 0 Å². The molecule has 0 saturated carbocycles. The Morgan fingerprint density at radius 1 is 1.19 bits per heavy atom. The molecule has 174 valence electrons. The van der Waals surface area contributed by atoms with E-state index in [1.54, 1.807) is 24.3 Å². The first kappa shape index (κ1) is 24.4. The van der Waals surface area contributed by atoms with Gasteiger partial charge in [-0.2, -0.15) is 0 Å². The lowest BCUT2D eigenvalue weighted by molar-refractivity contribution is 0.0950. The van der Waals surface area contributed by atoms with Gasteiger partial charge in [-0.25, -0.2) is 8.42 Å². The third-order valence-electron chi connectivity index (χ3n) is 5.65. The van der Waals surface area contributed by atoms with Crippen molar-refractivity contribution in [3.63, 3.8) is 0 Å². The summed E-state index contributed by atoms with van der Waals surface area (Å²) >= 11 is 6.16. The van der Waals surface area contributed by atoms with E-state index < -0.39 is 10.0 Å². The highest BCUT2D eigenvalue weighted by Gasteiger charge is 2.22. The molecule has 0 radical (unpaired) electrons. The Kier molecular flexibility index (Phi) is 8.39. The van der Waals surface area contributed by atoms with Crippen LogP contribution in [0.5, 0.6) is 5.75 Å². The molecule has 0 bridgehead atoms. The van der Waals surface area contributed by atoms with Crippen molar-refractivity contribution in [2.45, 2.75) is 31.1 Å². The van der Waals surface area contributed by atoms with Crippen LogP contribution in [0.1, 0.15) is 36.5 Å². The van der Waals surface area contributed by atoms with Crippen LogP contribution in [0.4, 0.5) is 5.69 Å². The van der Waals surface area contributed by atoms with Crippen LogP contribution in [0.15, 0.2) is 47.4 Å². The number of anilines is 1. The number of para-hydroxylation sites is 2. The van der Waals surface area contributed by atoms with Gasteiger partial charge in [0.05, 0.1) is 17.8 Å². The third-order valence-corrected chi connectivity index (χ3v) is 7.49. The Labute approximate surface area is 195 Å². The highest BCUT2D eigenvalue weighted by atomic mass is 35.5. The summed E-state index contributed by atoms with van der Waals surface area (Å²) in [6, 6.07) is 10.9. The fourth-order valence-electron chi connectivity index (χ4n) is 3.67. The fraction of sp³-hybridized carbons (Fsp3) is 0.435. The number of halogens is 1. The summed E-state index contributed by atoms with van der Waals surface area (Å²) in [4.78, 5) is 14.8. The number of carbonyl (C=O) groups is 1. The summed E-state index contributed by atoms with van der Waals surface area (Å²) < 4.78 is 33.5. The SMILES string of the molecule is COc1ccccc1NS(=O)(=O)c1cc(C(=O)NCCCN2CCC(C)CC2)ccc1Cl. The molecule has 0 unspecified atom stereocenters. The smallest absolute Gasteiger partial charge is 0.263 e. The monoisotopic (exact) mass is 479 g/mol. The minimum absolute atomic E-state index is 0.0308. The molecule has 0 spiro atoms. The van der Waals surface area contributed by atoms with Gasteiger partial charge in [-0.05, 0) is 75.1 Å². The van der Waals surface area contributed by atoms with E-state index in [1.165, 1.54) is 38.2 Å². The predicted octanol–water partition coefficient (Wildman–Crippen LogP) is 4.00. The lowest BCUT2D eigenvalue weighted by atomic mass is 9.99. The van der Waals surface area contributed by atoms with E-state index in [4.69, 9.17) is 16.3 Å². The Morgan fingerprint density at radius 2 is 1.91 bits per heavy atom. The number of amides is 1. The van der Waals surface area contributed by atoms with Crippen LogP contribution < -0.4 is 14.8 Å². The molecule has 1 aliphatic heterocycles. The average Bonchev–Trinajstić information content (AvgIpc) is 2.78. The van der Waals surface area contributed by atoms with Crippen LogP contribution in [0.25, 0.3) is 0 Å². The molecule has 9 heteroatoms. The maximum Gasteiger partial charge on any atom is 0.263 e. The van der Waals surface area contributed by atoms with Gasteiger partial charge in [0.2, 0.25) is 0 Å². The van der Waals surface area contributed by atoms with Crippen molar-refractivity contribution < 1.29 is 17.9 Å². The van der Waals surface area contributed by atoms with Crippen LogP contribution >= 0.6 is 11.6 Å². The lowest BCUT2D eigenvalue weighted by Crippen LogP contribution is -2.35. The molecule has 0 atom stereocenters. The highest BCUT2D eigenvalue weighted by molar-refractivity contribution is 7.92. The molecule has 0 aromatic heterocycles. The van der Waals surface area contributed by atoms with E-state index in [0.29, 0.717) is 12.3 Å². The number of nitrogens with one attached hydrogen (secondary N) is 2. The second kappa shape index (κ2) is 11.0. The number of piperidine rings is 1. The van der Waals surface area contributed by atoms with E-state index in [9.17, 15) is 13.2 Å². The summed E-state index contributed by atoms with van der Waals surface area (Å²) in [6.45, 7) is 5.95. The van der Waals surface area contributed by atoms with Crippen LogP contribution in [-0.2, 0) is 10.0 Å². The van der Waals surface area contributed by atoms with Crippen molar-refractivity contribution in [1.29, 1.82) is 0 Å². The van der Waals surface area contributed by atoms with Crippen molar-refractivity contribution >= 4 is 33.2 Å². The Balaban J connectivity index is 1.62. The normalized spacial score (nSPS) is 15.3. The minimum Gasteiger partial charge on any atom is -0.495 e. The Morgan fingerprint density at radius 3 is 2.62 bits per heavy atom. The molecular formula is C23H30ClN3O4S. The molecule has 1 amide bonds. The Hall–Kier alpha value is -2.29. The number of methoxy groups -OCH3 is 1. The first-order valence-electron chi connectivity index (χ1n) is 10.8. The first-order valence-corrected chi connectivity index (χ1v) is 12.6. The second-order valence-electron chi connectivity index (χ2n) is 8.08. The molecule has 2 N–H and O–H groups in total. The summed E-state index contributed by atoms with van der Waals surface area (Å²) in [5.74, 6) is 0.839. The molecule has 2 aromatic carbocycles. The van der Waals surface area contributed by atoms with Crippen LogP contribution in [0.3, 0.4) is 0 Å². The molecule has 32 heavy (non-hydrogen) atoms. The number of rotatable bonds is 9. The van der Waals surface area contributed by atoms with Gasteiger partial charge >= 0.3 is 0 Å². The first-order chi connectivity index (χ1) is 15.3. The standard InChI is InChI=1S/C23H30ClN3O4S/c1-17-10-14-27(15-11-17)13-5-12-25-23(28)18-8-9-19(24)22(16-18)32(29,30)26-20-6-3-4-7-21(20)31-2/h3-4,6-9,16-17,26H,5,10-15H2,1-2H3,(H,25,28). The number of hydrogen-bond donors (Lipinski definition) is 2. The van der Waals surface area contributed by atoms with Gasteiger partial charge in [-0.3, -0.25) is 9.52 Å². The predicted molar refractivity (Wildman–Crippen MR) is 127 cm³/mol. The van der Waals surface area contributed by atoms with E-state index >= 15 is 0 Å². The summed E-state index contributed by atoms with van der Waals surface area (Å²) in [5, 5.41) is 2.90. The van der Waals surface area contributed by atoms with Gasteiger partial charge in [0.15, 0.2) is 0 Å². The quantitative estimate of drug-likeness (QED) is 0.531. The van der Waals surface area contributed by atoms with Gasteiger partial charge in [-0.1, -0.05) is 30.7 Å². The van der Waals surface area contributed by atoms with E-state index in [0.717, 1.165) is 32.0 Å². The maximum absolute atomic E-state index is 12.9. The van der Waals surface area contributed by atoms with Crippen molar-refractivity contribution in [2.24, 2.45) is 5.92 Å². The molecule has 3 rings (SSSR count). The molecule has 7 nitrogen and oxygen atoms in total. The van der Waals surface area contributed by atoms with Crippen LogP contribution in [0.2, 0.25) is 5.02 Å². The van der Waals surface area contributed by atoms with Gasteiger partial charge in [0.1, 0.15) is 10.6 Å². The number of ether oxygens (including phenoxy) is 1. The van der Waals surface area contributed by atoms with Gasteiger partial charge in [0, 0.05) is 12.1 Å². The topological polar surface area (TPSA) is 87.7 Å². The lowest BCUT2D eigenvalue weighted by Gasteiger charge is -2.30. The number of sulfonamides is 1. The maximum atomic E-state index is 12.9. The van der Waals surface area contributed by atoms with Gasteiger partial charge in [-0.15, -0.1) is 0 Å². The molecule has 1 fully saturated rings. The Bertz CT molecular complexity index is 1040. The summed E-state index contributed by atoms with van der Waals surface area (Å²) in [6.07, 6.45) is 3.28. The number of nitrogens with zero attached hydrogens (tertiary/aromatic N) is 1. The highest BCUT2D eigenvalue weighted by Crippen LogP contribution is 2.29. The van der Waals surface area contributed by atoms with Crippen molar-refractivity contribution in [2.75, 3.05) is 38.0 Å². The third kappa shape index (κ3) is 6.37. The molecule has 1 aliphatic rings. The number of carbonyl (C=O) groups excluding carboxylic acids is 1. The van der Waals surface area contributed by atoms with Crippen molar-refractivity contribution in [3.8, 4) is 5.75 Å². The molecule has 1 saturated heterocycles. The molecule has 2 aromatic rings. The van der Waals surface area contributed by atoms with Crippen molar-refractivity contribution in [3.05, 3.63) is 53.1 Å². The minimum atomic E-state index is -4.03. The van der Waals surface area contributed by atoms with E-state index in [2.05, 4.69) is 21.9 Å². The van der Waals surface area contributed by atoms with Crippen LogP contribution in [-0.4, -0.2) is 52.5 Å². The van der Waals surface area contributed by atoms with Crippen molar-refractivity contribution in [1.82, 2.24) is 10.2 Å². The molecular weight excluding hydrogens is 450 g/mol. The summed E-state index contributed by atoms with van der Waals surface area (Å²) in [7, 11) is -2.57. The largest absolute Gasteiger partial charge is 0.495 e.